The molecule has 0 fully saturated rings. The zero-order valence-corrected chi connectivity index (χ0v) is 11.1. The lowest BCUT2D eigenvalue weighted by Crippen LogP contribution is -2.17. The molecule has 5 nitrogen and oxygen atoms in total. The van der Waals surface area contributed by atoms with Crippen molar-refractivity contribution >= 4 is 17.5 Å². The van der Waals surface area contributed by atoms with Crippen molar-refractivity contribution in [1.29, 1.82) is 0 Å². The van der Waals surface area contributed by atoms with Gasteiger partial charge in [-0.25, -0.2) is 14.8 Å². The Bertz CT molecular complexity index is 626. The molecule has 1 aromatic heterocycles. The topological polar surface area (TPSA) is 66.3 Å². The van der Waals surface area contributed by atoms with Crippen LogP contribution in [-0.4, -0.2) is 28.1 Å². The van der Waals surface area contributed by atoms with Crippen molar-refractivity contribution in [3.8, 4) is 0 Å². The molecule has 0 saturated carbocycles. The standard InChI is InChI=1S/C14H15N3O2/c1-9-4-5-11(10(2)8-9)17(3)13-12(14(18)19)15-6-7-16-13/h4-8H,1-3H3,(H,18,19). The number of nitrogens with zero attached hydrogens (tertiary/aromatic N) is 3. The largest absolute Gasteiger partial charge is 0.476 e. The van der Waals surface area contributed by atoms with Crippen LogP contribution in [-0.2, 0) is 0 Å². The van der Waals surface area contributed by atoms with E-state index in [-0.39, 0.29) is 5.69 Å². The number of aryl methyl sites for hydroxylation is 2. The number of rotatable bonds is 3. The molecule has 0 saturated heterocycles. The average molecular weight is 257 g/mol. The molecule has 0 bridgehead atoms. The molecule has 1 N–H and O–H groups in total. The third-order valence-electron chi connectivity index (χ3n) is 2.91. The second-order valence-corrected chi connectivity index (χ2v) is 4.38. The second-order valence-electron chi connectivity index (χ2n) is 4.38. The van der Waals surface area contributed by atoms with E-state index in [4.69, 9.17) is 5.11 Å². The van der Waals surface area contributed by atoms with Crippen LogP contribution in [0.25, 0.3) is 0 Å². The number of benzene rings is 1. The number of aromatic nitrogens is 2. The number of aromatic carboxylic acids is 1. The number of anilines is 2. The molecule has 0 aliphatic carbocycles. The molecule has 19 heavy (non-hydrogen) atoms. The fraction of sp³-hybridized carbons (Fsp3) is 0.214. The first kappa shape index (κ1) is 13.0. The van der Waals surface area contributed by atoms with Crippen molar-refractivity contribution in [2.75, 3.05) is 11.9 Å². The van der Waals surface area contributed by atoms with Gasteiger partial charge < -0.3 is 10.0 Å². The lowest BCUT2D eigenvalue weighted by molar-refractivity contribution is 0.0691. The van der Waals surface area contributed by atoms with Gasteiger partial charge in [-0.2, -0.15) is 0 Å². The Morgan fingerprint density at radius 3 is 2.53 bits per heavy atom. The first-order valence-corrected chi connectivity index (χ1v) is 5.86. The summed E-state index contributed by atoms with van der Waals surface area (Å²) in [6.07, 6.45) is 2.87. The summed E-state index contributed by atoms with van der Waals surface area (Å²) in [5, 5.41) is 9.15. The predicted octanol–water partition coefficient (Wildman–Crippen LogP) is 2.56. The summed E-state index contributed by atoms with van der Waals surface area (Å²) in [6, 6.07) is 5.98. The van der Waals surface area contributed by atoms with E-state index in [1.54, 1.807) is 11.9 Å². The van der Waals surface area contributed by atoms with Gasteiger partial charge in [0.15, 0.2) is 11.5 Å². The van der Waals surface area contributed by atoms with Crippen molar-refractivity contribution in [1.82, 2.24) is 9.97 Å². The summed E-state index contributed by atoms with van der Waals surface area (Å²) in [5.41, 5.74) is 3.08. The van der Waals surface area contributed by atoms with Crippen LogP contribution in [0.3, 0.4) is 0 Å². The summed E-state index contributed by atoms with van der Waals surface area (Å²) in [5.74, 6) is -0.748. The number of hydrogen-bond donors (Lipinski definition) is 1. The minimum Gasteiger partial charge on any atom is -0.476 e. The average Bonchev–Trinajstić information content (AvgIpc) is 2.38. The van der Waals surface area contributed by atoms with Crippen molar-refractivity contribution in [3.63, 3.8) is 0 Å². The highest BCUT2D eigenvalue weighted by atomic mass is 16.4. The van der Waals surface area contributed by atoms with Gasteiger partial charge in [-0.1, -0.05) is 17.7 Å². The summed E-state index contributed by atoms with van der Waals surface area (Å²) in [4.78, 5) is 20.9. The van der Waals surface area contributed by atoms with E-state index in [1.807, 2.05) is 32.0 Å². The van der Waals surface area contributed by atoms with E-state index in [9.17, 15) is 4.79 Å². The van der Waals surface area contributed by atoms with Gasteiger partial charge in [-0.3, -0.25) is 0 Å². The number of hydrogen-bond acceptors (Lipinski definition) is 4. The van der Waals surface area contributed by atoms with E-state index < -0.39 is 5.97 Å². The fourth-order valence-electron chi connectivity index (χ4n) is 2.02. The Balaban J connectivity index is 2.50. The Kier molecular flexibility index (Phi) is 3.46. The molecule has 0 atom stereocenters. The molecule has 0 radical (unpaired) electrons. The molecule has 0 aliphatic rings. The molecule has 0 amide bonds. The minimum absolute atomic E-state index is 0.0509. The Labute approximate surface area is 111 Å². The van der Waals surface area contributed by atoms with Crippen LogP contribution < -0.4 is 4.90 Å². The van der Waals surface area contributed by atoms with Crippen LogP contribution in [0.4, 0.5) is 11.5 Å². The minimum atomic E-state index is -1.08. The van der Waals surface area contributed by atoms with Crippen LogP contribution in [0.15, 0.2) is 30.6 Å². The van der Waals surface area contributed by atoms with Crippen LogP contribution in [0.5, 0.6) is 0 Å². The van der Waals surface area contributed by atoms with Crippen molar-refractivity contribution in [2.45, 2.75) is 13.8 Å². The van der Waals surface area contributed by atoms with Crippen molar-refractivity contribution in [3.05, 3.63) is 47.4 Å². The molecule has 0 unspecified atom stereocenters. The van der Waals surface area contributed by atoms with E-state index in [1.165, 1.54) is 12.4 Å². The molecule has 0 aliphatic heterocycles. The van der Waals surface area contributed by atoms with Gasteiger partial charge >= 0.3 is 5.97 Å². The van der Waals surface area contributed by atoms with E-state index in [0.717, 1.165) is 16.8 Å². The zero-order valence-electron chi connectivity index (χ0n) is 11.1. The third-order valence-corrected chi connectivity index (χ3v) is 2.91. The maximum atomic E-state index is 11.2. The SMILES string of the molecule is Cc1ccc(N(C)c2nccnc2C(=O)O)c(C)c1. The lowest BCUT2D eigenvalue weighted by Gasteiger charge is -2.21. The van der Waals surface area contributed by atoms with Gasteiger partial charge in [0.1, 0.15) is 0 Å². The van der Waals surface area contributed by atoms with Gasteiger partial charge in [-0.05, 0) is 25.5 Å². The van der Waals surface area contributed by atoms with Gasteiger partial charge in [0.05, 0.1) is 0 Å². The third kappa shape index (κ3) is 2.54. The maximum absolute atomic E-state index is 11.2. The molecule has 98 valence electrons. The molecule has 5 heteroatoms. The quantitative estimate of drug-likeness (QED) is 0.915. The van der Waals surface area contributed by atoms with Crippen LogP contribution in [0.1, 0.15) is 21.6 Å². The first-order valence-electron chi connectivity index (χ1n) is 5.86. The molecule has 1 heterocycles. The number of carbonyl (C=O) groups is 1. The van der Waals surface area contributed by atoms with Crippen molar-refractivity contribution in [2.24, 2.45) is 0 Å². The van der Waals surface area contributed by atoms with Crippen molar-refractivity contribution < 1.29 is 9.90 Å². The molecular formula is C14H15N3O2. The van der Waals surface area contributed by atoms with Crippen LogP contribution >= 0.6 is 0 Å². The second kappa shape index (κ2) is 5.06. The predicted molar refractivity (Wildman–Crippen MR) is 73.0 cm³/mol. The Morgan fingerprint density at radius 2 is 1.89 bits per heavy atom. The van der Waals surface area contributed by atoms with Gasteiger partial charge in [0.2, 0.25) is 0 Å². The van der Waals surface area contributed by atoms with E-state index in [2.05, 4.69) is 9.97 Å². The van der Waals surface area contributed by atoms with E-state index >= 15 is 0 Å². The Hall–Kier alpha value is -2.43. The summed E-state index contributed by atoms with van der Waals surface area (Å²) in [6.45, 7) is 4.00. The molecule has 2 aromatic rings. The highest BCUT2D eigenvalue weighted by Gasteiger charge is 2.18. The molecular weight excluding hydrogens is 242 g/mol. The maximum Gasteiger partial charge on any atom is 0.358 e. The smallest absolute Gasteiger partial charge is 0.358 e. The zero-order chi connectivity index (χ0) is 14.0. The van der Waals surface area contributed by atoms with Crippen LogP contribution in [0.2, 0.25) is 0 Å². The fourth-order valence-corrected chi connectivity index (χ4v) is 2.02. The number of carboxylic acid groups (broad SMARTS) is 1. The normalized spacial score (nSPS) is 10.3. The number of carboxylic acids is 1. The lowest BCUT2D eigenvalue weighted by atomic mass is 10.1. The first-order chi connectivity index (χ1) is 9.00. The highest BCUT2D eigenvalue weighted by molar-refractivity contribution is 5.92. The van der Waals surface area contributed by atoms with Gasteiger partial charge in [0.25, 0.3) is 0 Å². The highest BCUT2D eigenvalue weighted by Crippen LogP contribution is 2.27. The molecule has 0 spiro atoms. The summed E-state index contributed by atoms with van der Waals surface area (Å²) in [7, 11) is 1.79. The molecule has 2 rings (SSSR count). The summed E-state index contributed by atoms with van der Waals surface area (Å²) >= 11 is 0. The van der Waals surface area contributed by atoms with E-state index in [0.29, 0.717) is 5.82 Å². The monoisotopic (exact) mass is 257 g/mol. The van der Waals surface area contributed by atoms with Gasteiger partial charge in [0, 0.05) is 25.1 Å². The summed E-state index contributed by atoms with van der Waals surface area (Å²) < 4.78 is 0. The van der Waals surface area contributed by atoms with Gasteiger partial charge in [-0.15, -0.1) is 0 Å². The Morgan fingerprint density at radius 1 is 1.21 bits per heavy atom. The molecule has 1 aromatic carbocycles. The van der Waals surface area contributed by atoms with Crippen LogP contribution in [0, 0.1) is 13.8 Å².